The number of methoxy groups -OCH3 is 1. The summed E-state index contributed by atoms with van der Waals surface area (Å²) in [4.78, 5) is 4.47. The maximum atomic E-state index is 6.02. The maximum Gasteiger partial charge on any atom is 0.138 e. The van der Waals surface area contributed by atoms with Crippen LogP contribution >= 0.6 is 0 Å². The molecule has 1 aromatic heterocycles. The van der Waals surface area contributed by atoms with Crippen LogP contribution in [0.2, 0.25) is 0 Å². The average molecular weight is 294 g/mol. The zero-order valence-electron chi connectivity index (χ0n) is 13.8. The lowest BCUT2D eigenvalue weighted by Crippen LogP contribution is -2.54. The Kier molecular flexibility index (Phi) is 6.18. The monoisotopic (exact) mass is 294 g/mol. The molecule has 1 unspecified atom stereocenters. The van der Waals surface area contributed by atoms with Crippen molar-refractivity contribution in [1.29, 1.82) is 0 Å². The third kappa shape index (κ3) is 3.83. The molecule has 0 aliphatic heterocycles. The highest BCUT2D eigenvalue weighted by atomic mass is 16.5. The van der Waals surface area contributed by atoms with Gasteiger partial charge in [-0.1, -0.05) is 33.1 Å². The molecule has 1 aromatic rings. The fourth-order valence-electron chi connectivity index (χ4n) is 3.56. The molecule has 120 valence electrons. The molecule has 1 N–H and O–H groups in total. The molecule has 5 heteroatoms. The first-order chi connectivity index (χ1) is 10.3. The van der Waals surface area contributed by atoms with Gasteiger partial charge >= 0.3 is 0 Å². The third-order valence-corrected chi connectivity index (χ3v) is 4.71. The second-order valence-corrected chi connectivity index (χ2v) is 6.04. The van der Waals surface area contributed by atoms with E-state index in [1.165, 1.54) is 19.3 Å². The van der Waals surface area contributed by atoms with E-state index in [1.54, 1.807) is 6.33 Å². The van der Waals surface area contributed by atoms with Gasteiger partial charge in [-0.05, 0) is 25.8 Å². The van der Waals surface area contributed by atoms with Crippen molar-refractivity contribution in [3.8, 4) is 0 Å². The molecule has 0 bridgehead atoms. The Hall–Kier alpha value is -0.940. The van der Waals surface area contributed by atoms with E-state index in [4.69, 9.17) is 4.74 Å². The summed E-state index contributed by atoms with van der Waals surface area (Å²) in [5, 5.41) is 8.00. The Morgan fingerprint density at radius 3 is 2.71 bits per heavy atom. The molecule has 0 radical (unpaired) electrons. The quantitative estimate of drug-likeness (QED) is 0.800. The molecular formula is C16H30N4O. The lowest BCUT2D eigenvalue weighted by molar-refractivity contribution is -0.0675. The minimum atomic E-state index is -0.0444. The van der Waals surface area contributed by atoms with Crippen molar-refractivity contribution in [2.45, 2.75) is 77.0 Å². The van der Waals surface area contributed by atoms with Crippen LogP contribution in [0.5, 0.6) is 0 Å². The second-order valence-electron chi connectivity index (χ2n) is 6.04. The largest absolute Gasteiger partial charge is 0.377 e. The van der Waals surface area contributed by atoms with Gasteiger partial charge in [0.2, 0.25) is 0 Å². The van der Waals surface area contributed by atoms with Gasteiger partial charge in [0.05, 0.1) is 5.60 Å². The molecule has 1 heterocycles. The summed E-state index contributed by atoms with van der Waals surface area (Å²) in [7, 11) is 1.87. The predicted molar refractivity (Wildman–Crippen MR) is 84.3 cm³/mol. The smallest absolute Gasteiger partial charge is 0.138 e. The number of likely N-dealkylation sites (N-methyl/N-ethyl adjacent to an activating group) is 1. The molecule has 1 fully saturated rings. The number of ether oxygens (including phenoxy) is 1. The van der Waals surface area contributed by atoms with E-state index in [0.29, 0.717) is 6.04 Å². The molecule has 0 aromatic carbocycles. The average Bonchev–Trinajstić information content (AvgIpc) is 2.95. The van der Waals surface area contributed by atoms with Crippen LogP contribution in [0.1, 0.15) is 58.2 Å². The molecule has 21 heavy (non-hydrogen) atoms. The Labute approximate surface area is 128 Å². The van der Waals surface area contributed by atoms with Gasteiger partial charge in [0.1, 0.15) is 12.2 Å². The SMILES string of the molecule is CCCn1ncnc1CC(NCC)C1(OC)CCCCC1. The van der Waals surface area contributed by atoms with E-state index in [1.807, 2.05) is 11.8 Å². The van der Waals surface area contributed by atoms with Gasteiger partial charge in [0.15, 0.2) is 0 Å². The maximum absolute atomic E-state index is 6.02. The summed E-state index contributed by atoms with van der Waals surface area (Å²) >= 11 is 0. The minimum absolute atomic E-state index is 0.0444. The van der Waals surface area contributed by atoms with Gasteiger partial charge in [-0.15, -0.1) is 0 Å². The van der Waals surface area contributed by atoms with Crippen LogP contribution in [0, 0.1) is 0 Å². The number of nitrogens with zero attached hydrogens (tertiary/aromatic N) is 3. The number of nitrogens with one attached hydrogen (secondary N) is 1. The van der Waals surface area contributed by atoms with E-state index >= 15 is 0 Å². The van der Waals surface area contributed by atoms with Gasteiger partial charge < -0.3 is 10.1 Å². The molecule has 1 atom stereocenters. The normalized spacial score (nSPS) is 19.6. The van der Waals surface area contributed by atoms with Crippen molar-refractivity contribution in [2.75, 3.05) is 13.7 Å². The topological polar surface area (TPSA) is 52.0 Å². The molecule has 5 nitrogen and oxygen atoms in total. The number of rotatable bonds is 8. The summed E-state index contributed by atoms with van der Waals surface area (Å²) in [6.45, 7) is 6.23. The van der Waals surface area contributed by atoms with E-state index < -0.39 is 0 Å². The van der Waals surface area contributed by atoms with E-state index in [-0.39, 0.29) is 5.60 Å². The first kappa shape index (κ1) is 16.4. The van der Waals surface area contributed by atoms with Crippen LogP contribution < -0.4 is 5.32 Å². The van der Waals surface area contributed by atoms with Crippen molar-refractivity contribution in [2.24, 2.45) is 0 Å². The van der Waals surface area contributed by atoms with Crippen LogP contribution in [0.15, 0.2) is 6.33 Å². The molecule has 0 amide bonds. The lowest BCUT2D eigenvalue weighted by atomic mass is 9.77. The van der Waals surface area contributed by atoms with Crippen LogP contribution in [-0.4, -0.2) is 40.1 Å². The Bertz CT molecular complexity index is 412. The van der Waals surface area contributed by atoms with Crippen LogP contribution in [-0.2, 0) is 17.7 Å². The van der Waals surface area contributed by atoms with Crippen LogP contribution in [0.3, 0.4) is 0 Å². The molecule has 0 spiro atoms. The Balaban J connectivity index is 2.15. The van der Waals surface area contributed by atoms with Crippen LogP contribution in [0.25, 0.3) is 0 Å². The minimum Gasteiger partial charge on any atom is -0.377 e. The van der Waals surface area contributed by atoms with Crippen molar-refractivity contribution >= 4 is 0 Å². The van der Waals surface area contributed by atoms with Crippen molar-refractivity contribution in [3.63, 3.8) is 0 Å². The summed E-state index contributed by atoms with van der Waals surface area (Å²) in [5.74, 6) is 1.07. The van der Waals surface area contributed by atoms with Crippen LogP contribution in [0.4, 0.5) is 0 Å². The van der Waals surface area contributed by atoms with Crippen molar-refractivity contribution < 1.29 is 4.74 Å². The first-order valence-electron chi connectivity index (χ1n) is 8.41. The summed E-state index contributed by atoms with van der Waals surface area (Å²) in [6.07, 6.45) is 9.78. The number of aromatic nitrogens is 3. The van der Waals surface area contributed by atoms with Crippen molar-refractivity contribution in [3.05, 3.63) is 12.2 Å². The highest BCUT2D eigenvalue weighted by molar-refractivity contribution is 5.01. The third-order valence-electron chi connectivity index (χ3n) is 4.71. The zero-order chi connectivity index (χ0) is 15.1. The zero-order valence-corrected chi connectivity index (χ0v) is 13.8. The summed E-state index contributed by atoms with van der Waals surface area (Å²) in [5.41, 5.74) is -0.0444. The molecule has 2 rings (SSSR count). The molecule has 1 aliphatic carbocycles. The Morgan fingerprint density at radius 2 is 2.10 bits per heavy atom. The number of hydrogen-bond acceptors (Lipinski definition) is 4. The van der Waals surface area contributed by atoms with Crippen molar-refractivity contribution in [1.82, 2.24) is 20.1 Å². The molecule has 0 saturated heterocycles. The van der Waals surface area contributed by atoms with Gasteiger partial charge in [-0.25, -0.2) is 4.98 Å². The van der Waals surface area contributed by atoms with Gasteiger partial charge in [0, 0.05) is 26.1 Å². The first-order valence-corrected chi connectivity index (χ1v) is 8.41. The summed E-state index contributed by atoms with van der Waals surface area (Å²) in [6, 6.07) is 0.313. The Morgan fingerprint density at radius 1 is 1.33 bits per heavy atom. The lowest BCUT2D eigenvalue weighted by Gasteiger charge is -2.42. The number of hydrogen-bond donors (Lipinski definition) is 1. The van der Waals surface area contributed by atoms with E-state index in [0.717, 1.165) is 44.6 Å². The van der Waals surface area contributed by atoms with E-state index in [9.17, 15) is 0 Å². The highest BCUT2D eigenvalue weighted by Gasteiger charge is 2.40. The molecule has 1 saturated carbocycles. The fourth-order valence-corrected chi connectivity index (χ4v) is 3.56. The van der Waals surface area contributed by atoms with Gasteiger partial charge in [0.25, 0.3) is 0 Å². The van der Waals surface area contributed by atoms with Gasteiger partial charge in [-0.3, -0.25) is 4.68 Å². The fraction of sp³-hybridized carbons (Fsp3) is 0.875. The second kappa shape index (κ2) is 7.90. The van der Waals surface area contributed by atoms with Gasteiger partial charge in [-0.2, -0.15) is 5.10 Å². The highest BCUT2D eigenvalue weighted by Crippen LogP contribution is 2.35. The predicted octanol–water partition coefficient (Wildman–Crippen LogP) is 2.56. The summed E-state index contributed by atoms with van der Waals surface area (Å²) < 4.78 is 8.06. The molecule has 1 aliphatic rings. The van der Waals surface area contributed by atoms with E-state index in [2.05, 4.69) is 29.2 Å². The standard InChI is InChI=1S/C16H30N4O/c1-4-11-20-15(18-13-19-20)12-14(17-5-2)16(21-3)9-7-6-8-10-16/h13-14,17H,4-12H2,1-3H3. The molecular weight excluding hydrogens is 264 g/mol. The number of aryl methyl sites for hydroxylation is 1.